The van der Waals surface area contributed by atoms with E-state index < -0.39 is 11.8 Å². The van der Waals surface area contributed by atoms with Crippen molar-refractivity contribution in [2.75, 3.05) is 0 Å². The van der Waals surface area contributed by atoms with E-state index in [9.17, 15) is 4.79 Å². The molecule has 0 aliphatic heterocycles. The van der Waals surface area contributed by atoms with E-state index in [0.29, 0.717) is 5.92 Å². The van der Waals surface area contributed by atoms with Crippen LogP contribution in [0.2, 0.25) is 0 Å². The van der Waals surface area contributed by atoms with Crippen LogP contribution >= 0.6 is 0 Å². The molecule has 3 nitrogen and oxygen atoms in total. The van der Waals surface area contributed by atoms with Gasteiger partial charge in [-0.3, -0.25) is 4.79 Å². The molecule has 2 N–H and O–H groups in total. The zero-order chi connectivity index (χ0) is 9.35. The summed E-state index contributed by atoms with van der Waals surface area (Å²) in [5.74, 6) is -0.617. The van der Waals surface area contributed by atoms with Crippen LogP contribution in [0.15, 0.2) is 0 Å². The fourth-order valence-electron chi connectivity index (χ4n) is 1.66. The minimum Gasteiger partial charge on any atom is -0.369 e. The number of nitriles is 1. The minimum absolute atomic E-state index is 0.236. The van der Waals surface area contributed by atoms with Crippen molar-refractivity contribution in [2.24, 2.45) is 23.0 Å². The van der Waals surface area contributed by atoms with E-state index in [-0.39, 0.29) is 5.41 Å². The lowest BCUT2D eigenvalue weighted by atomic mass is 9.75. The second kappa shape index (κ2) is 2.78. The summed E-state index contributed by atoms with van der Waals surface area (Å²) in [6.07, 6.45) is 2.25. The number of nitrogens with zero attached hydrogens (tertiary/aromatic N) is 1. The SMILES string of the molecule is CC(C)(C1CC1)C(C#N)C(N)=O. The van der Waals surface area contributed by atoms with Crippen LogP contribution < -0.4 is 5.73 Å². The van der Waals surface area contributed by atoms with Crippen LogP contribution in [0.4, 0.5) is 0 Å². The van der Waals surface area contributed by atoms with Crippen LogP contribution in [-0.2, 0) is 4.79 Å². The van der Waals surface area contributed by atoms with Gasteiger partial charge in [0.15, 0.2) is 0 Å². The van der Waals surface area contributed by atoms with Gasteiger partial charge in [0.2, 0.25) is 5.91 Å². The Morgan fingerprint density at radius 2 is 2.17 bits per heavy atom. The van der Waals surface area contributed by atoms with Crippen LogP contribution in [0.5, 0.6) is 0 Å². The van der Waals surface area contributed by atoms with Crippen LogP contribution in [0, 0.1) is 28.6 Å². The number of primary amides is 1. The summed E-state index contributed by atoms with van der Waals surface area (Å²) in [7, 11) is 0. The number of hydrogen-bond acceptors (Lipinski definition) is 2. The first kappa shape index (κ1) is 9.05. The lowest BCUT2D eigenvalue weighted by Crippen LogP contribution is -2.36. The van der Waals surface area contributed by atoms with Gasteiger partial charge in [-0.25, -0.2) is 0 Å². The van der Waals surface area contributed by atoms with Crippen molar-refractivity contribution in [3.05, 3.63) is 0 Å². The molecule has 1 aliphatic rings. The lowest BCUT2D eigenvalue weighted by molar-refractivity contribution is -0.123. The smallest absolute Gasteiger partial charge is 0.235 e. The summed E-state index contributed by atoms with van der Waals surface area (Å²) in [5, 5.41) is 8.76. The third-order valence-corrected chi connectivity index (χ3v) is 2.79. The number of amides is 1. The minimum atomic E-state index is -0.634. The molecule has 1 aliphatic carbocycles. The maximum atomic E-state index is 10.9. The molecule has 0 saturated heterocycles. The number of carbonyl (C=O) groups is 1. The van der Waals surface area contributed by atoms with E-state index in [2.05, 4.69) is 0 Å². The van der Waals surface area contributed by atoms with Crippen molar-refractivity contribution in [3.63, 3.8) is 0 Å². The van der Waals surface area contributed by atoms with E-state index >= 15 is 0 Å². The van der Waals surface area contributed by atoms with Gasteiger partial charge in [-0.2, -0.15) is 5.26 Å². The van der Waals surface area contributed by atoms with E-state index in [4.69, 9.17) is 11.0 Å². The Balaban J connectivity index is 2.77. The molecule has 1 saturated carbocycles. The molecule has 1 fully saturated rings. The molecule has 0 heterocycles. The Morgan fingerprint density at radius 3 is 2.42 bits per heavy atom. The molecule has 66 valence electrons. The maximum Gasteiger partial charge on any atom is 0.235 e. The van der Waals surface area contributed by atoms with E-state index in [1.54, 1.807) is 0 Å². The molecule has 0 radical (unpaired) electrons. The summed E-state index contributed by atoms with van der Waals surface area (Å²) in [6.45, 7) is 3.90. The molecule has 0 spiro atoms. The topological polar surface area (TPSA) is 66.9 Å². The highest BCUT2D eigenvalue weighted by atomic mass is 16.1. The van der Waals surface area contributed by atoms with Gasteiger partial charge >= 0.3 is 0 Å². The lowest BCUT2D eigenvalue weighted by Gasteiger charge is -2.27. The summed E-state index contributed by atoms with van der Waals surface area (Å²) < 4.78 is 0. The first-order chi connectivity index (χ1) is 5.50. The fraction of sp³-hybridized carbons (Fsp3) is 0.778. The van der Waals surface area contributed by atoms with Gasteiger partial charge in [0.25, 0.3) is 0 Å². The van der Waals surface area contributed by atoms with Crippen LogP contribution in [0.25, 0.3) is 0 Å². The van der Waals surface area contributed by atoms with Crippen molar-refractivity contribution >= 4 is 5.91 Å². The third-order valence-electron chi connectivity index (χ3n) is 2.79. The van der Waals surface area contributed by atoms with Crippen LogP contribution in [0.1, 0.15) is 26.7 Å². The zero-order valence-corrected chi connectivity index (χ0v) is 7.50. The quantitative estimate of drug-likeness (QED) is 0.680. The largest absolute Gasteiger partial charge is 0.369 e. The molecule has 0 bridgehead atoms. The highest BCUT2D eigenvalue weighted by Crippen LogP contribution is 2.49. The van der Waals surface area contributed by atoms with Crippen molar-refractivity contribution in [1.29, 1.82) is 5.26 Å². The fourth-order valence-corrected chi connectivity index (χ4v) is 1.66. The number of nitrogens with two attached hydrogens (primary N) is 1. The molecule has 1 unspecified atom stereocenters. The number of carbonyl (C=O) groups excluding carboxylic acids is 1. The zero-order valence-electron chi connectivity index (χ0n) is 7.50. The molecule has 1 amide bonds. The molecule has 0 aromatic carbocycles. The van der Waals surface area contributed by atoms with Gasteiger partial charge in [-0.1, -0.05) is 13.8 Å². The van der Waals surface area contributed by atoms with Gasteiger partial charge in [-0.05, 0) is 24.2 Å². The van der Waals surface area contributed by atoms with E-state index in [1.807, 2.05) is 19.9 Å². The maximum absolute atomic E-state index is 10.9. The standard InChI is InChI=1S/C9H14N2O/c1-9(2,6-3-4-6)7(5-10)8(11)12/h6-7H,3-4H2,1-2H3,(H2,11,12). The van der Waals surface area contributed by atoms with Gasteiger partial charge in [-0.15, -0.1) is 0 Å². The molecule has 3 heteroatoms. The highest BCUT2D eigenvalue weighted by molar-refractivity contribution is 5.80. The second-order valence-electron chi connectivity index (χ2n) is 4.06. The van der Waals surface area contributed by atoms with Crippen molar-refractivity contribution < 1.29 is 4.79 Å². The van der Waals surface area contributed by atoms with Crippen LogP contribution in [0.3, 0.4) is 0 Å². The Hall–Kier alpha value is -1.04. The molecule has 0 aromatic heterocycles. The van der Waals surface area contributed by atoms with Gasteiger partial charge in [0.05, 0.1) is 6.07 Å². The molecular weight excluding hydrogens is 152 g/mol. The Kier molecular flexibility index (Phi) is 2.10. The first-order valence-electron chi connectivity index (χ1n) is 4.19. The van der Waals surface area contributed by atoms with Crippen molar-refractivity contribution in [3.8, 4) is 6.07 Å². The van der Waals surface area contributed by atoms with E-state index in [1.165, 1.54) is 0 Å². The molecule has 0 aromatic rings. The summed E-state index contributed by atoms with van der Waals surface area (Å²) in [4.78, 5) is 10.9. The second-order valence-corrected chi connectivity index (χ2v) is 4.06. The Morgan fingerprint density at radius 1 is 1.67 bits per heavy atom. The van der Waals surface area contributed by atoms with Crippen molar-refractivity contribution in [2.45, 2.75) is 26.7 Å². The molecular formula is C9H14N2O. The average molecular weight is 166 g/mol. The Bertz CT molecular complexity index is 235. The highest BCUT2D eigenvalue weighted by Gasteiger charge is 2.45. The monoisotopic (exact) mass is 166 g/mol. The summed E-state index contributed by atoms with van der Waals surface area (Å²) >= 11 is 0. The Labute approximate surface area is 72.5 Å². The summed E-state index contributed by atoms with van der Waals surface area (Å²) in [5.41, 5.74) is 4.90. The van der Waals surface area contributed by atoms with Crippen LogP contribution in [-0.4, -0.2) is 5.91 Å². The predicted octanol–water partition coefficient (Wildman–Crippen LogP) is 1.05. The predicted molar refractivity (Wildman–Crippen MR) is 44.8 cm³/mol. The van der Waals surface area contributed by atoms with Gasteiger partial charge in [0, 0.05) is 0 Å². The van der Waals surface area contributed by atoms with Gasteiger partial charge in [0.1, 0.15) is 5.92 Å². The molecule has 1 rings (SSSR count). The molecule has 12 heavy (non-hydrogen) atoms. The average Bonchev–Trinajstić information content (AvgIpc) is 2.66. The normalized spacial score (nSPS) is 19.8. The number of hydrogen-bond donors (Lipinski definition) is 1. The molecule has 1 atom stereocenters. The third kappa shape index (κ3) is 1.42. The summed E-state index contributed by atoms with van der Waals surface area (Å²) in [6, 6.07) is 1.99. The van der Waals surface area contributed by atoms with E-state index in [0.717, 1.165) is 12.8 Å². The number of rotatable bonds is 3. The van der Waals surface area contributed by atoms with Crippen molar-refractivity contribution in [1.82, 2.24) is 0 Å². The first-order valence-corrected chi connectivity index (χ1v) is 4.19. The van der Waals surface area contributed by atoms with Gasteiger partial charge < -0.3 is 5.73 Å².